The van der Waals surface area contributed by atoms with E-state index < -0.39 is 0 Å². The van der Waals surface area contributed by atoms with Crippen LogP contribution in [0.3, 0.4) is 0 Å². The molecule has 92 valence electrons. The largest absolute Gasteiger partial charge is 0.353 e. The molecule has 0 bridgehead atoms. The summed E-state index contributed by atoms with van der Waals surface area (Å²) in [5.74, 6) is -0.0848. The molecule has 0 radical (unpaired) electrons. The molecule has 1 aliphatic heterocycles. The summed E-state index contributed by atoms with van der Waals surface area (Å²) in [5.41, 5.74) is 1.07. The van der Waals surface area contributed by atoms with E-state index in [2.05, 4.69) is 5.32 Å². The molecule has 0 aliphatic carbocycles. The highest BCUT2D eigenvalue weighted by molar-refractivity contribution is 7.12. The fourth-order valence-corrected chi connectivity index (χ4v) is 2.94. The molecule has 1 N–H and O–H groups in total. The Hall–Kier alpha value is -1.36. The van der Waals surface area contributed by atoms with E-state index in [1.807, 2.05) is 18.4 Å². The predicted octanol–water partition coefficient (Wildman–Crippen LogP) is 1.27. The first-order chi connectivity index (χ1) is 8.15. The molecule has 1 atom stereocenters. The van der Waals surface area contributed by atoms with Crippen LogP contribution in [0.15, 0.2) is 11.4 Å². The summed E-state index contributed by atoms with van der Waals surface area (Å²) in [6.45, 7) is 4.94. The van der Waals surface area contributed by atoms with Gasteiger partial charge < -0.3 is 10.2 Å². The fourth-order valence-electron chi connectivity index (χ4n) is 1.99. The molecule has 2 amide bonds. The SMILES string of the molecule is CCc1ccsc1C(=O)N1CCNC(=O)C1C. The van der Waals surface area contributed by atoms with E-state index in [0.717, 1.165) is 16.9 Å². The Morgan fingerprint density at radius 1 is 1.65 bits per heavy atom. The van der Waals surface area contributed by atoms with Gasteiger partial charge in [0.25, 0.3) is 5.91 Å². The van der Waals surface area contributed by atoms with E-state index in [0.29, 0.717) is 13.1 Å². The Morgan fingerprint density at radius 3 is 3.12 bits per heavy atom. The van der Waals surface area contributed by atoms with Crippen molar-refractivity contribution in [2.24, 2.45) is 0 Å². The van der Waals surface area contributed by atoms with E-state index >= 15 is 0 Å². The van der Waals surface area contributed by atoms with Crippen LogP contribution >= 0.6 is 11.3 Å². The summed E-state index contributed by atoms with van der Waals surface area (Å²) in [5, 5.41) is 4.69. The average molecular weight is 252 g/mol. The first-order valence-electron chi connectivity index (χ1n) is 5.80. The van der Waals surface area contributed by atoms with Gasteiger partial charge in [0.1, 0.15) is 6.04 Å². The van der Waals surface area contributed by atoms with Crippen LogP contribution in [0, 0.1) is 0 Å². The summed E-state index contributed by atoms with van der Waals surface area (Å²) < 4.78 is 0. The Morgan fingerprint density at radius 2 is 2.41 bits per heavy atom. The van der Waals surface area contributed by atoms with Gasteiger partial charge >= 0.3 is 0 Å². The molecule has 1 saturated heterocycles. The van der Waals surface area contributed by atoms with Crippen molar-refractivity contribution in [2.75, 3.05) is 13.1 Å². The standard InChI is InChI=1S/C12H16N2O2S/c1-3-9-4-7-17-10(9)12(16)14-6-5-13-11(15)8(14)2/h4,7-8H,3,5-6H2,1-2H3,(H,13,15). The average Bonchev–Trinajstić information content (AvgIpc) is 2.80. The van der Waals surface area contributed by atoms with Crippen LogP contribution < -0.4 is 5.32 Å². The lowest BCUT2D eigenvalue weighted by molar-refractivity contribution is -0.127. The number of nitrogens with zero attached hydrogens (tertiary/aromatic N) is 1. The Kier molecular flexibility index (Phi) is 3.47. The van der Waals surface area contributed by atoms with Crippen LogP contribution in [-0.2, 0) is 11.2 Å². The van der Waals surface area contributed by atoms with E-state index in [4.69, 9.17) is 0 Å². The summed E-state index contributed by atoms with van der Waals surface area (Å²) in [7, 11) is 0. The Balaban J connectivity index is 2.22. The lowest BCUT2D eigenvalue weighted by Crippen LogP contribution is -2.55. The minimum atomic E-state index is -0.372. The van der Waals surface area contributed by atoms with Crippen LogP contribution in [-0.4, -0.2) is 35.8 Å². The van der Waals surface area contributed by atoms with Gasteiger partial charge in [-0.25, -0.2) is 0 Å². The van der Waals surface area contributed by atoms with Crippen molar-refractivity contribution in [1.29, 1.82) is 0 Å². The molecule has 2 rings (SSSR count). The van der Waals surface area contributed by atoms with E-state index in [1.165, 1.54) is 11.3 Å². The molecule has 0 saturated carbocycles. The second-order valence-electron chi connectivity index (χ2n) is 4.09. The fraction of sp³-hybridized carbons (Fsp3) is 0.500. The number of piperazine rings is 1. The van der Waals surface area contributed by atoms with Gasteiger partial charge in [0.2, 0.25) is 5.91 Å². The lowest BCUT2D eigenvalue weighted by Gasteiger charge is -2.32. The monoisotopic (exact) mass is 252 g/mol. The third-order valence-corrected chi connectivity index (χ3v) is 4.03. The summed E-state index contributed by atoms with van der Waals surface area (Å²) in [6.07, 6.45) is 0.846. The number of aryl methyl sites for hydroxylation is 1. The second kappa shape index (κ2) is 4.87. The van der Waals surface area contributed by atoms with Crippen molar-refractivity contribution >= 4 is 23.2 Å². The maximum absolute atomic E-state index is 12.4. The van der Waals surface area contributed by atoms with Crippen LogP contribution in [0.5, 0.6) is 0 Å². The molecule has 1 fully saturated rings. The minimum Gasteiger partial charge on any atom is -0.353 e. The number of hydrogen-bond acceptors (Lipinski definition) is 3. The van der Waals surface area contributed by atoms with Gasteiger partial charge in [0.05, 0.1) is 4.88 Å². The zero-order chi connectivity index (χ0) is 12.4. The quantitative estimate of drug-likeness (QED) is 0.861. The summed E-state index contributed by atoms with van der Waals surface area (Å²) in [4.78, 5) is 26.3. The van der Waals surface area contributed by atoms with Crippen molar-refractivity contribution < 1.29 is 9.59 Å². The van der Waals surface area contributed by atoms with E-state index in [-0.39, 0.29) is 17.9 Å². The number of nitrogens with one attached hydrogen (secondary N) is 1. The zero-order valence-electron chi connectivity index (χ0n) is 10.0. The first kappa shape index (κ1) is 12.1. The third kappa shape index (κ3) is 2.20. The van der Waals surface area contributed by atoms with Crippen molar-refractivity contribution in [2.45, 2.75) is 26.3 Å². The second-order valence-corrected chi connectivity index (χ2v) is 5.01. The maximum Gasteiger partial charge on any atom is 0.264 e. The highest BCUT2D eigenvalue weighted by atomic mass is 32.1. The number of hydrogen-bond donors (Lipinski definition) is 1. The van der Waals surface area contributed by atoms with Gasteiger partial charge in [-0.15, -0.1) is 11.3 Å². The number of rotatable bonds is 2. The van der Waals surface area contributed by atoms with Crippen LogP contribution in [0.4, 0.5) is 0 Å². The predicted molar refractivity (Wildman–Crippen MR) is 67.2 cm³/mol. The highest BCUT2D eigenvalue weighted by Crippen LogP contribution is 2.21. The molecule has 0 spiro atoms. The first-order valence-corrected chi connectivity index (χ1v) is 6.68. The Labute approximate surface area is 105 Å². The number of thiophene rings is 1. The molecule has 1 aromatic heterocycles. The highest BCUT2D eigenvalue weighted by Gasteiger charge is 2.31. The van der Waals surface area contributed by atoms with Gasteiger partial charge in [-0.3, -0.25) is 9.59 Å². The number of amides is 2. The van der Waals surface area contributed by atoms with Crippen LogP contribution in [0.25, 0.3) is 0 Å². The number of carbonyl (C=O) groups excluding carboxylic acids is 2. The van der Waals surface area contributed by atoms with Crippen LogP contribution in [0.1, 0.15) is 29.1 Å². The third-order valence-electron chi connectivity index (χ3n) is 3.08. The van der Waals surface area contributed by atoms with Gasteiger partial charge in [-0.05, 0) is 30.4 Å². The normalized spacial score (nSPS) is 20.2. The lowest BCUT2D eigenvalue weighted by atomic mass is 10.1. The van der Waals surface area contributed by atoms with Gasteiger partial charge in [0.15, 0.2) is 0 Å². The zero-order valence-corrected chi connectivity index (χ0v) is 10.8. The summed E-state index contributed by atoms with van der Waals surface area (Å²) in [6, 6.07) is 1.61. The van der Waals surface area contributed by atoms with Gasteiger partial charge in [-0.1, -0.05) is 6.92 Å². The van der Waals surface area contributed by atoms with E-state index in [9.17, 15) is 9.59 Å². The molecule has 1 unspecified atom stereocenters. The molecule has 0 aromatic carbocycles. The molecule has 1 aliphatic rings. The Bertz CT molecular complexity index is 441. The molecular weight excluding hydrogens is 236 g/mol. The van der Waals surface area contributed by atoms with Crippen LogP contribution in [0.2, 0.25) is 0 Å². The van der Waals surface area contributed by atoms with Crippen molar-refractivity contribution in [1.82, 2.24) is 10.2 Å². The molecule has 1 aromatic rings. The smallest absolute Gasteiger partial charge is 0.264 e. The minimum absolute atomic E-state index is 0.0146. The van der Waals surface area contributed by atoms with Gasteiger partial charge in [0, 0.05) is 13.1 Å². The maximum atomic E-state index is 12.4. The molecule has 2 heterocycles. The van der Waals surface area contributed by atoms with Gasteiger partial charge in [-0.2, -0.15) is 0 Å². The summed E-state index contributed by atoms with van der Waals surface area (Å²) >= 11 is 1.46. The van der Waals surface area contributed by atoms with Crippen molar-refractivity contribution in [3.8, 4) is 0 Å². The molecule has 4 nitrogen and oxygen atoms in total. The van der Waals surface area contributed by atoms with Crippen molar-refractivity contribution in [3.63, 3.8) is 0 Å². The molecule has 17 heavy (non-hydrogen) atoms. The van der Waals surface area contributed by atoms with E-state index in [1.54, 1.807) is 11.8 Å². The molecular formula is C12H16N2O2S. The number of carbonyl (C=O) groups is 2. The van der Waals surface area contributed by atoms with Crippen molar-refractivity contribution in [3.05, 3.63) is 21.9 Å². The topological polar surface area (TPSA) is 49.4 Å². The molecule has 5 heteroatoms.